The maximum atomic E-state index is 11.5. The molecular formula is C14H20N2O3. The van der Waals surface area contributed by atoms with E-state index in [1.807, 2.05) is 18.2 Å². The van der Waals surface area contributed by atoms with Crippen molar-refractivity contribution in [2.45, 2.75) is 20.4 Å². The van der Waals surface area contributed by atoms with E-state index in [2.05, 4.69) is 24.5 Å². The quantitative estimate of drug-likeness (QED) is 0.812. The molecule has 0 unspecified atom stereocenters. The number of hydrogen-bond donors (Lipinski definition) is 2. The molecule has 0 fully saturated rings. The van der Waals surface area contributed by atoms with E-state index >= 15 is 0 Å². The van der Waals surface area contributed by atoms with Crippen molar-refractivity contribution in [1.29, 1.82) is 0 Å². The van der Waals surface area contributed by atoms with Crippen LogP contribution in [0.1, 0.15) is 19.4 Å². The lowest BCUT2D eigenvalue weighted by Gasteiger charge is -2.09. The smallest absolute Gasteiger partial charge is 0.233 e. The molecule has 0 aliphatic carbocycles. The lowest BCUT2D eigenvalue weighted by Crippen LogP contribution is -2.35. The standard InChI is InChI=1S/C14H20N2O3/c1-10(2)6-16-14(17)8-15-7-11-3-4-12-13(5-11)19-9-18-12/h3-5,10,15H,6-9H2,1-2H3,(H,16,17). The summed E-state index contributed by atoms with van der Waals surface area (Å²) < 4.78 is 10.5. The van der Waals surface area contributed by atoms with Crippen molar-refractivity contribution in [3.8, 4) is 11.5 Å². The first-order valence-electron chi connectivity index (χ1n) is 6.51. The summed E-state index contributed by atoms with van der Waals surface area (Å²) in [6, 6.07) is 5.78. The molecule has 1 aromatic rings. The molecule has 0 saturated carbocycles. The number of carbonyl (C=O) groups is 1. The van der Waals surface area contributed by atoms with E-state index in [4.69, 9.17) is 9.47 Å². The van der Waals surface area contributed by atoms with Gasteiger partial charge in [-0.15, -0.1) is 0 Å². The Morgan fingerprint density at radius 3 is 2.89 bits per heavy atom. The molecule has 2 N–H and O–H groups in total. The van der Waals surface area contributed by atoms with Crippen molar-refractivity contribution in [3.63, 3.8) is 0 Å². The third kappa shape index (κ3) is 4.13. The van der Waals surface area contributed by atoms with Crippen LogP contribution in [-0.4, -0.2) is 25.8 Å². The fourth-order valence-corrected chi connectivity index (χ4v) is 1.75. The van der Waals surface area contributed by atoms with E-state index in [1.54, 1.807) is 0 Å². The molecule has 2 rings (SSSR count). The Morgan fingerprint density at radius 1 is 1.32 bits per heavy atom. The molecule has 1 amide bonds. The van der Waals surface area contributed by atoms with Crippen molar-refractivity contribution in [2.75, 3.05) is 19.9 Å². The van der Waals surface area contributed by atoms with Crippen LogP contribution in [0.25, 0.3) is 0 Å². The molecule has 0 bridgehead atoms. The predicted molar refractivity (Wildman–Crippen MR) is 72.1 cm³/mol. The van der Waals surface area contributed by atoms with Crippen LogP contribution < -0.4 is 20.1 Å². The number of benzene rings is 1. The second-order valence-electron chi connectivity index (χ2n) is 4.99. The summed E-state index contributed by atoms with van der Waals surface area (Å²) in [4.78, 5) is 11.5. The SMILES string of the molecule is CC(C)CNC(=O)CNCc1ccc2c(c1)OCO2. The molecule has 0 atom stereocenters. The highest BCUT2D eigenvalue weighted by molar-refractivity contribution is 5.77. The van der Waals surface area contributed by atoms with Crippen LogP contribution in [0.4, 0.5) is 0 Å². The third-order valence-corrected chi connectivity index (χ3v) is 2.76. The summed E-state index contributed by atoms with van der Waals surface area (Å²) in [5.41, 5.74) is 1.07. The normalized spacial score (nSPS) is 12.8. The van der Waals surface area contributed by atoms with Crippen LogP contribution in [-0.2, 0) is 11.3 Å². The van der Waals surface area contributed by atoms with Gasteiger partial charge in [-0.3, -0.25) is 4.79 Å². The van der Waals surface area contributed by atoms with Crippen molar-refractivity contribution in [1.82, 2.24) is 10.6 Å². The number of rotatable bonds is 6. The molecule has 0 spiro atoms. The molecule has 19 heavy (non-hydrogen) atoms. The molecule has 1 aliphatic heterocycles. The number of fused-ring (bicyclic) bond motifs is 1. The summed E-state index contributed by atoms with van der Waals surface area (Å²) in [6.45, 7) is 6.09. The Morgan fingerprint density at radius 2 is 2.11 bits per heavy atom. The summed E-state index contributed by atoms with van der Waals surface area (Å²) >= 11 is 0. The van der Waals surface area contributed by atoms with Gasteiger partial charge in [-0.2, -0.15) is 0 Å². The maximum Gasteiger partial charge on any atom is 0.233 e. The van der Waals surface area contributed by atoms with Gasteiger partial charge in [0.15, 0.2) is 11.5 Å². The summed E-state index contributed by atoms with van der Waals surface area (Å²) in [5, 5.41) is 5.97. The first-order valence-corrected chi connectivity index (χ1v) is 6.51. The number of ether oxygens (including phenoxy) is 2. The highest BCUT2D eigenvalue weighted by atomic mass is 16.7. The van der Waals surface area contributed by atoms with Gasteiger partial charge in [0.25, 0.3) is 0 Å². The topological polar surface area (TPSA) is 59.6 Å². The average Bonchev–Trinajstić information content (AvgIpc) is 2.83. The van der Waals surface area contributed by atoms with Crippen molar-refractivity contribution in [3.05, 3.63) is 23.8 Å². The predicted octanol–water partition coefficient (Wildman–Crippen LogP) is 1.28. The number of amides is 1. The van der Waals surface area contributed by atoms with Gasteiger partial charge in [0.05, 0.1) is 6.54 Å². The fraction of sp³-hybridized carbons (Fsp3) is 0.500. The van der Waals surface area contributed by atoms with Crippen LogP contribution in [0.2, 0.25) is 0 Å². The van der Waals surface area contributed by atoms with Crippen molar-refractivity contribution in [2.24, 2.45) is 5.92 Å². The van der Waals surface area contributed by atoms with Gasteiger partial charge < -0.3 is 20.1 Å². The average molecular weight is 264 g/mol. The molecule has 1 aromatic carbocycles. The summed E-state index contributed by atoms with van der Waals surface area (Å²) in [7, 11) is 0. The first kappa shape index (κ1) is 13.7. The minimum atomic E-state index is 0.0226. The van der Waals surface area contributed by atoms with E-state index in [0.717, 1.165) is 17.1 Å². The van der Waals surface area contributed by atoms with Gasteiger partial charge in [-0.05, 0) is 23.6 Å². The lowest BCUT2D eigenvalue weighted by atomic mass is 10.2. The molecule has 104 valence electrons. The van der Waals surface area contributed by atoms with Crippen LogP contribution in [0.15, 0.2) is 18.2 Å². The van der Waals surface area contributed by atoms with E-state index in [9.17, 15) is 4.79 Å². The number of carbonyl (C=O) groups excluding carboxylic acids is 1. The molecular weight excluding hydrogens is 244 g/mol. The number of nitrogens with one attached hydrogen (secondary N) is 2. The molecule has 1 heterocycles. The third-order valence-electron chi connectivity index (χ3n) is 2.76. The van der Waals surface area contributed by atoms with Crippen LogP contribution in [0.3, 0.4) is 0 Å². The van der Waals surface area contributed by atoms with Gasteiger partial charge in [0.1, 0.15) is 0 Å². The van der Waals surface area contributed by atoms with Crippen LogP contribution in [0, 0.1) is 5.92 Å². The molecule has 0 saturated heterocycles. The molecule has 0 radical (unpaired) electrons. The van der Waals surface area contributed by atoms with Gasteiger partial charge >= 0.3 is 0 Å². The van der Waals surface area contributed by atoms with Gasteiger partial charge in [0, 0.05) is 13.1 Å². The van der Waals surface area contributed by atoms with Crippen molar-refractivity contribution < 1.29 is 14.3 Å². The van der Waals surface area contributed by atoms with E-state index < -0.39 is 0 Å². The van der Waals surface area contributed by atoms with Gasteiger partial charge in [0.2, 0.25) is 12.7 Å². The highest BCUT2D eigenvalue weighted by Crippen LogP contribution is 2.32. The first-order chi connectivity index (χ1) is 9.15. The lowest BCUT2D eigenvalue weighted by molar-refractivity contribution is -0.120. The summed E-state index contributed by atoms with van der Waals surface area (Å²) in [6.07, 6.45) is 0. The Balaban J connectivity index is 1.72. The second-order valence-corrected chi connectivity index (χ2v) is 4.99. The highest BCUT2D eigenvalue weighted by Gasteiger charge is 2.12. The molecule has 5 heteroatoms. The van der Waals surface area contributed by atoms with E-state index in [-0.39, 0.29) is 12.7 Å². The minimum Gasteiger partial charge on any atom is -0.454 e. The maximum absolute atomic E-state index is 11.5. The zero-order valence-electron chi connectivity index (χ0n) is 11.4. The van der Waals surface area contributed by atoms with Crippen LogP contribution in [0.5, 0.6) is 11.5 Å². The molecule has 5 nitrogen and oxygen atoms in total. The number of hydrogen-bond acceptors (Lipinski definition) is 4. The Labute approximate surface area is 113 Å². The zero-order valence-corrected chi connectivity index (χ0v) is 11.4. The molecule has 0 aromatic heterocycles. The Hall–Kier alpha value is -1.75. The second kappa shape index (κ2) is 6.43. The largest absolute Gasteiger partial charge is 0.454 e. The van der Waals surface area contributed by atoms with E-state index in [0.29, 0.717) is 25.6 Å². The fourth-order valence-electron chi connectivity index (χ4n) is 1.75. The van der Waals surface area contributed by atoms with Gasteiger partial charge in [-0.25, -0.2) is 0 Å². The van der Waals surface area contributed by atoms with Crippen molar-refractivity contribution >= 4 is 5.91 Å². The minimum absolute atomic E-state index is 0.0226. The van der Waals surface area contributed by atoms with Gasteiger partial charge in [-0.1, -0.05) is 19.9 Å². The molecule has 1 aliphatic rings. The summed E-state index contributed by atoms with van der Waals surface area (Å²) in [5.74, 6) is 2.04. The van der Waals surface area contributed by atoms with Crippen LogP contribution >= 0.6 is 0 Å². The Bertz CT molecular complexity index is 446. The monoisotopic (exact) mass is 264 g/mol. The Kier molecular flexibility index (Phi) is 4.63. The zero-order chi connectivity index (χ0) is 13.7. The van der Waals surface area contributed by atoms with E-state index in [1.165, 1.54) is 0 Å².